The minimum atomic E-state index is -4.46. The van der Waals surface area contributed by atoms with Crippen molar-refractivity contribution in [2.75, 3.05) is 18.6 Å². The molecule has 0 aliphatic rings. The highest BCUT2D eigenvalue weighted by Crippen LogP contribution is 2.32. The van der Waals surface area contributed by atoms with E-state index in [-0.39, 0.29) is 10.7 Å². The van der Waals surface area contributed by atoms with Gasteiger partial charge in [0.2, 0.25) is 0 Å². The fraction of sp³-hybridized carbons (Fsp3) is 0.125. The van der Waals surface area contributed by atoms with Crippen molar-refractivity contribution < 1.29 is 32.2 Å². The van der Waals surface area contributed by atoms with E-state index in [0.717, 1.165) is 12.1 Å². The summed E-state index contributed by atoms with van der Waals surface area (Å²) < 4.78 is 35.0. The monoisotopic (exact) mass is 441 g/mol. The average Bonchev–Trinajstić information content (AvgIpc) is 2.65. The summed E-state index contributed by atoms with van der Waals surface area (Å²) in [7, 11) is -3.07. The van der Waals surface area contributed by atoms with Gasteiger partial charge in [-0.05, 0) is 24.3 Å². The maximum atomic E-state index is 12.5. The van der Waals surface area contributed by atoms with Gasteiger partial charge in [-0.25, -0.2) is 4.79 Å². The summed E-state index contributed by atoms with van der Waals surface area (Å²) in [6.45, 7) is -0.488. The Morgan fingerprint density at radius 2 is 1.93 bits per heavy atom. The van der Waals surface area contributed by atoms with Crippen molar-refractivity contribution in [3.63, 3.8) is 0 Å². The van der Waals surface area contributed by atoms with Crippen molar-refractivity contribution in [2.24, 2.45) is 5.73 Å². The lowest BCUT2D eigenvalue weighted by Gasteiger charge is -2.18. The summed E-state index contributed by atoms with van der Waals surface area (Å²) in [6.07, 6.45) is -1.55. The minimum Gasteiger partial charge on any atom is -0.497 e. The van der Waals surface area contributed by atoms with Crippen LogP contribution in [0.25, 0.3) is 0 Å². The fourth-order valence-electron chi connectivity index (χ4n) is 2.27. The molecule has 2 aromatic carbocycles. The van der Waals surface area contributed by atoms with Crippen LogP contribution in [0.1, 0.15) is 0 Å². The molecule has 11 nitrogen and oxygen atoms in total. The molecule has 3 N–H and O–H groups in total. The summed E-state index contributed by atoms with van der Waals surface area (Å²) in [5.41, 5.74) is 4.16. The number of nitro benzene ring substituents is 1. The van der Waals surface area contributed by atoms with Crippen molar-refractivity contribution in [3.8, 4) is 11.5 Å². The number of nitrogens with zero attached hydrogens (tertiary/aromatic N) is 2. The van der Waals surface area contributed by atoms with E-state index >= 15 is 0 Å². The molecule has 0 fully saturated rings. The van der Waals surface area contributed by atoms with Crippen LogP contribution in [0.5, 0.6) is 11.5 Å². The van der Waals surface area contributed by atoms with Gasteiger partial charge in [0, 0.05) is 12.1 Å². The van der Waals surface area contributed by atoms with E-state index in [1.54, 1.807) is 6.07 Å². The van der Waals surface area contributed by atoms with Gasteiger partial charge in [0.25, 0.3) is 5.69 Å². The number of carbonyl (C=O) groups is 1. The summed E-state index contributed by atoms with van der Waals surface area (Å²) in [4.78, 5) is 21.7. The Kier molecular flexibility index (Phi) is 6.56. The molecule has 0 heterocycles. The SMILES string of the molecule is COc1cccc(OS(=O)(=O)c2ccc(N(CC(N)=S)C(=O)O)c([N+](=O)[O-])c2)c1. The Morgan fingerprint density at radius 3 is 2.48 bits per heavy atom. The predicted octanol–water partition coefficient (Wildman–Crippen LogP) is 2.14. The highest BCUT2D eigenvalue weighted by molar-refractivity contribution is 7.87. The topological polar surface area (TPSA) is 162 Å². The third kappa shape index (κ3) is 5.30. The zero-order chi connectivity index (χ0) is 21.8. The molecule has 154 valence electrons. The van der Waals surface area contributed by atoms with Crippen molar-refractivity contribution in [2.45, 2.75) is 4.90 Å². The Labute approximate surface area is 170 Å². The number of methoxy groups -OCH3 is 1. The van der Waals surface area contributed by atoms with Crippen LogP contribution in [0.4, 0.5) is 16.2 Å². The number of nitrogens with two attached hydrogens (primary N) is 1. The van der Waals surface area contributed by atoms with E-state index in [1.807, 2.05) is 0 Å². The van der Waals surface area contributed by atoms with Crippen LogP contribution in [0.3, 0.4) is 0 Å². The number of hydrogen-bond acceptors (Lipinski definition) is 8. The van der Waals surface area contributed by atoms with Crippen LogP contribution in [0.2, 0.25) is 0 Å². The fourth-order valence-corrected chi connectivity index (χ4v) is 3.35. The van der Waals surface area contributed by atoms with Crippen LogP contribution in [0.15, 0.2) is 47.4 Å². The van der Waals surface area contributed by atoms with Gasteiger partial charge in [-0.3, -0.25) is 15.0 Å². The van der Waals surface area contributed by atoms with Crippen LogP contribution in [0, 0.1) is 10.1 Å². The standard InChI is InChI=1S/C16H15N3O8S2/c1-26-10-3-2-4-11(7-10)27-29(24,25)12-5-6-13(14(8-12)19(22)23)18(16(20)21)9-15(17)28/h2-8H,9H2,1H3,(H2,17,28)(H,20,21). The predicted molar refractivity (Wildman–Crippen MR) is 106 cm³/mol. The van der Waals surface area contributed by atoms with Gasteiger partial charge >= 0.3 is 16.2 Å². The average molecular weight is 441 g/mol. The quantitative estimate of drug-likeness (QED) is 0.268. The van der Waals surface area contributed by atoms with Gasteiger partial charge in [0.15, 0.2) is 0 Å². The molecule has 0 atom stereocenters. The zero-order valence-corrected chi connectivity index (χ0v) is 16.5. The van der Waals surface area contributed by atoms with Gasteiger partial charge in [0.1, 0.15) is 22.1 Å². The number of benzene rings is 2. The lowest BCUT2D eigenvalue weighted by molar-refractivity contribution is -0.384. The van der Waals surface area contributed by atoms with Crippen molar-refractivity contribution in [1.29, 1.82) is 0 Å². The van der Waals surface area contributed by atoms with Crippen LogP contribution < -0.4 is 19.6 Å². The second-order valence-corrected chi connectivity index (χ2v) is 7.53. The molecule has 1 amide bonds. The van der Waals surface area contributed by atoms with E-state index in [9.17, 15) is 28.4 Å². The number of hydrogen-bond donors (Lipinski definition) is 2. The first-order chi connectivity index (χ1) is 13.5. The Hall–Kier alpha value is -3.45. The van der Waals surface area contributed by atoms with E-state index in [1.165, 1.54) is 25.3 Å². The number of carboxylic acid groups (broad SMARTS) is 1. The molecule has 0 spiro atoms. The first kappa shape index (κ1) is 21.8. The molecule has 0 aromatic heterocycles. The second-order valence-electron chi connectivity index (χ2n) is 5.46. The van der Waals surface area contributed by atoms with Gasteiger partial charge in [-0.2, -0.15) is 8.42 Å². The van der Waals surface area contributed by atoms with Gasteiger partial charge in [-0.1, -0.05) is 18.3 Å². The summed E-state index contributed by atoms with van der Waals surface area (Å²) in [5.74, 6) is 0.269. The summed E-state index contributed by atoms with van der Waals surface area (Å²) >= 11 is 4.66. The number of ether oxygens (including phenoxy) is 1. The Balaban J connectivity index is 2.48. The first-order valence-corrected chi connectivity index (χ1v) is 9.52. The zero-order valence-electron chi connectivity index (χ0n) is 14.8. The molecule has 0 aliphatic heterocycles. The van der Waals surface area contributed by atoms with E-state index in [2.05, 4.69) is 12.2 Å². The lowest BCUT2D eigenvalue weighted by Crippen LogP contribution is -2.37. The number of thiocarbonyl (C=S) groups is 1. The van der Waals surface area contributed by atoms with E-state index in [0.29, 0.717) is 16.7 Å². The molecule has 0 bridgehead atoms. The van der Waals surface area contributed by atoms with Crippen LogP contribution >= 0.6 is 12.2 Å². The molecule has 0 aliphatic carbocycles. The third-order valence-electron chi connectivity index (χ3n) is 3.52. The number of nitro groups is 1. The molecular formula is C16H15N3O8S2. The summed E-state index contributed by atoms with van der Waals surface area (Å²) in [5, 5.41) is 20.7. The largest absolute Gasteiger partial charge is 0.497 e. The number of amides is 1. The van der Waals surface area contributed by atoms with Gasteiger partial charge < -0.3 is 19.8 Å². The second kappa shape index (κ2) is 8.70. The highest BCUT2D eigenvalue weighted by atomic mass is 32.2. The number of rotatable bonds is 8. The molecule has 0 radical (unpaired) electrons. The molecule has 29 heavy (non-hydrogen) atoms. The number of anilines is 1. The van der Waals surface area contributed by atoms with Crippen LogP contribution in [-0.2, 0) is 10.1 Å². The minimum absolute atomic E-state index is 0.0725. The normalized spacial score (nSPS) is 10.8. The molecule has 0 unspecified atom stereocenters. The van der Waals surface area contributed by atoms with Gasteiger partial charge in [0.05, 0.1) is 23.6 Å². The third-order valence-corrected chi connectivity index (χ3v) is 4.89. The molecule has 0 saturated carbocycles. The maximum Gasteiger partial charge on any atom is 0.412 e. The highest BCUT2D eigenvalue weighted by Gasteiger charge is 2.28. The van der Waals surface area contributed by atoms with Gasteiger partial charge in [-0.15, -0.1) is 0 Å². The molecule has 13 heteroatoms. The van der Waals surface area contributed by atoms with Crippen molar-refractivity contribution >= 4 is 44.8 Å². The smallest absolute Gasteiger partial charge is 0.412 e. The molecule has 2 rings (SSSR count). The molecule has 2 aromatic rings. The first-order valence-electron chi connectivity index (χ1n) is 7.71. The van der Waals surface area contributed by atoms with E-state index < -0.39 is 43.9 Å². The Morgan fingerprint density at radius 1 is 1.28 bits per heavy atom. The molecule has 0 saturated heterocycles. The van der Waals surface area contributed by atoms with E-state index in [4.69, 9.17) is 14.7 Å². The maximum absolute atomic E-state index is 12.5. The van der Waals surface area contributed by atoms with Crippen molar-refractivity contribution in [3.05, 3.63) is 52.6 Å². The lowest BCUT2D eigenvalue weighted by atomic mass is 10.2. The Bertz CT molecular complexity index is 1070. The van der Waals surface area contributed by atoms with Crippen LogP contribution in [-0.4, -0.2) is 43.2 Å². The van der Waals surface area contributed by atoms with Crippen molar-refractivity contribution in [1.82, 2.24) is 0 Å². The molecular weight excluding hydrogens is 426 g/mol. The summed E-state index contributed by atoms with van der Waals surface area (Å²) in [6, 6.07) is 8.38.